The van der Waals surface area contributed by atoms with Crippen LogP contribution < -0.4 is 4.90 Å². The molecule has 2 fully saturated rings. The topological polar surface area (TPSA) is 60.9 Å². The predicted molar refractivity (Wildman–Crippen MR) is 144 cm³/mol. The molecule has 2 heterocycles. The predicted octanol–water partition coefficient (Wildman–Crippen LogP) is 6.57. The molecule has 2 aliphatic heterocycles. The van der Waals surface area contributed by atoms with E-state index >= 15 is 0 Å². The standard InChI is InChI=1S/C27H36N2O3S2/c1-2-3-4-5-6-7-8-9-15-28-22-12-10-11-20(22)21-16-19(13-14-23(21)28)17-24-26(32)29(18-25(30)31)27(33)34-24/h13-14,16-17,20,22H,2-12,15,18H2,1H3,(H,30,31). The van der Waals surface area contributed by atoms with E-state index in [2.05, 4.69) is 30.0 Å². The average molecular weight is 501 g/mol. The fraction of sp³-hybridized carbons (Fsp3) is 0.593. The SMILES string of the molecule is CCCCCCCCCCN1c2ccc(C=C3SC(=S)N(CC(=O)O)C3=O)cc2C2CCCC21. The van der Waals surface area contributed by atoms with E-state index in [0.717, 1.165) is 12.1 Å². The van der Waals surface area contributed by atoms with Crippen LogP contribution in [-0.4, -0.2) is 45.3 Å². The summed E-state index contributed by atoms with van der Waals surface area (Å²) in [5, 5.41) is 9.05. The van der Waals surface area contributed by atoms with Crippen molar-refractivity contribution >= 4 is 51.9 Å². The van der Waals surface area contributed by atoms with E-state index in [1.165, 1.54) is 98.5 Å². The minimum absolute atomic E-state index is 0.312. The highest BCUT2D eigenvalue weighted by molar-refractivity contribution is 8.26. The van der Waals surface area contributed by atoms with Crippen LogP contribution in [0.5, 0.6) is 0 Å². The van der Waals surface area contributed by atoms with Gasteiger partial charge in [0.1, 0.15) is 10.9 Å². The monoisotopic (exact) mass is 500 g/mol. The number of carbonyl (C=O) groups excluding carboxylic acids is 1. The van der Waals surface area contributed by atoms with E-state index in [1.807, 2.05) is 6.08 Å². The van der Waals surface area contributed by atoms with E-state index in [4.69, 9.17) is 17.3 Å². The van der Waals surface area contributed by atoms with E-state index in [0.29, 0.717) is 21.2 Å². The molecule has 1 saturated carbocycles. The Labute approximate surface area is 213 Å². The molecule has 34 heavy (non-hydrogen) atoms. The van der Waals surface area contributed by atoms with Crippen LogP contribution in [0.3, 0.4) is 0 Å². The van der Waals surface area contributed by atoms with E-state index in [1.54, 1.807) is 0 Å². The molecule has 1 N–H and O–H groups in total. The number of benzene rings is 1. The van der Waals surface area contributed by atoms with Crippen molar-refractivity contribution < 1.29 is 14.7 Å². The van der Waals surface area contributed by atoms with Crippen LogP contribution >= 0.6 is 24.0 Å². The largest absolute Gasteiger partial charge is 0.480 e. The van der Waals surface area contributed by atoms with Crippen molar-refractivity contribution in [3.63, 3.8) is 0 Å². The number of fused-ring (bicyclic) bond motifs is 3. The molecule has 7 heteroatoms. The zero-order valence-electron chi connectivity index (χ0n) is 20.1. The molecule has 2 unspecified atom stereocenters. The highest BCUT2D eigenvalue weighted by Gasteiger charge is 2.41. The van der Waals surface area contributed by atoms with Crippen LogP contribution in [0.1, 0.15) is 94.6 Å². The second-order valence-electron chi connectivity index (χ2n) is 9.75. The van der Waals surface area contributed by atoms with Crippen molar-refractivity contribution in [1.82, 2.24) is 4.90 Å². The van der Waals surface area contributed by atoms with Gasteiger partial charge in [-0.2, -0.15) is 0 Å². The van der Waals surface area contributed by atoms with Gasteiger partial charge in [-0.1, -0.05) is 88.3 Å². The molecule has 1 saturated heterocycles. The van der Waals surface area contributed by atoms with Crippen LogP contribution in [0, 0.1) is 0 Å². The first-order valence-electron chi connectivity index (χ1n) is 12.9. The summed E-state index contributed by atoms with van der Waals surface area (Å²) in [5.41, 5.74) is 3.78. The number of carboxylic acids is 1. The number of unbranched alkanes of at least 4 members (excludes halogenated alkanes) is 7. The molecule has 0 bridgehead atoms. The number of carboxylic acid groups (broad SMARTS) is 1. The van der Waals surface area contributed by atoms with E-state index < -0.39 is 5.97 Å². The Morgan fingerprint density at radius 3 is 2.62 bits per heavy atom. The molecule has 0 spiro atoms. The fourth-order valence-corrected chi connectivity index (χ4v) is 6.96. The van der Waals surface area contributed by atoms with Gasteiger partial charge in [-0.3, -0.25) is 14.5 Å². The van der Waals surface area contributed by atoms with Crippen molar-refractivity contribution in [3.8, 4) is 0 Å². The number of nitrogens with zero attached hydrogens (tertiary/aromatic N) is 2. The first-order chi connectivity index (χ1) is 16.5. The Morgan fingerprint density at radius 2 is 1.88 bits per heavy atom. The molecule has 0 aromatic heterocycles. The van der Waals surface area contributed by atoms with Crippen molar-refractivity contribution in [1.29, 1.82) is 0 Å². The second-order valence-corrected chi connectivity index (χ2v) is 11.4. The quantitative estimate of drug-likeness (QED) is 0.199. The van der Waals surface area contributed by atoms with Gasteiger partial charge in [-0.25, -0.2) is 0 Å². The van der Waals surface area contributed by atoms with Gasteiger partial charge in [-0.15, -0.1) is 0 Å². The van der Waals surface area contributed by atoms with Gasteiger partial charge >= 0.3 is 5.97 Å². The van der Waals surface area contributed by atoms with Crippen LogP contribution in [0.15, 0.2) is 23.1 Å². The number of amides is 1. The maximum absolute atomic E-state index is 12.6. The zero-order valence-corrected chi connectivity index (χ0v) is 21.8. The lowest BCUT2D eigenvalue weighted by molar-refractivity contribution is -0.140. The fourth-order valence-electron chi connectivity index (χ4n) is 5.70. The molecule has 1 amide bonds. The van der Waals surface area contributed by atoms with Crippen LogP contribution in [0.2, 0.25) is 0 Å². The Kier molecular flexibility index (Phi) is 8.70. The minimum atomic E-state index is -1.06. The summed E-state index contributed by atoms with van der Waals surface area (Å²) in [7, 11) is 0. The van der Waals surface area contributed by atoms with Crippen molar-refractivity contribution in [2.75, 3.05) is 18.0 Å². The first-order valence-corrected chi connectivity index (χ1v) is 14.1. The van der Waals surface area contributed by atoms with Crippen LogP contribution in [-0.2, 0) is 9.59 Å². The number of thioether (sulfide) groups is 1. The van der Waals surface area contributed by atoms with Gasteiger partial charge < -0.3 is 10.0 Å². The zero-order chi connectivity index (χ0) is 24.1. The molecule has 1 aromatic carbocycles. The molecule has 184 valence electrons. The maximum Gasteiger partial charge on any atom is 0.323 e. The Hall–Kier alpha value is -1.86. The van der Waals surface area contributed by atoms with Gasteiger partial charge in [0.05, 0.1) is 4.91 Å². The number of rotatable bonds is 12. The average Bonchev–Trinajstić information content (AvgIpc) is 3.46. The maximum atomic E-state index is 12.6. The van der Waals surface area contributed by atoms with Gasteiger partial charge in [-0.05, 0) is 48.6 Å². The molecular weight excluding hydrogens is 464 g/mol. The molecule has 3 aliphatic rings. The van der Waals surface area contributed by atoms with Gasteiger partial charge in [0.15, 0.2) is 0 Å². The lowest BCUT2D eigenvalue weighted by Gasteiger charge is -2.27. The summed E-state index contributed by atoms with van der Waals surface area (Å²) in [5.74, 6) is -0.786. The molecule has 1 aromatic rings. The summed E-state index contributed by atoms with van der Waals surface area (Å²) in [4.78, 5) is 28.0. The van der Waals surface area contributed by atoms with Gasteiger partial charge in [0, 0.05) is 24.2 Å². The summed E-state index contributed by atoms with van der Waals surface area (Å²) in [6.07, 6.45) is 16.4. The Bertz CT molecular complexity index is 961. The third-order valence-corrected chi connectivity index (χ3v) is 8.74. The third kappa shape index (κ3) is 5.68. The molecule has 1 aliphatic carbocycles. The van der Waals surface area contributed by atoms with Gasteiger partial charge in [0.25, 0.3) is 5.91 Å². The van der Waals surface area contributed by atoms with E-state index in [-0.39, 0.29) is 12.5 Å². The Morgan fingerprint density at radius 1 is 1.15 bits per heavy atom. The van der Waals surface area contributed by atoms with Crippen molar-refractivity contribution in [2.45, 2.75) is 89.5 Å². The smallest absolute Gasteiger partial charge is 0.323 e. The molecular formula is C27H36N2O3S2. The highest BCUT2D eigenvalue weighted by Crippen LogP contribution is 2.49. The second kappa shape index (κ2) is 11.7. The highest BCUT2D eigenvalue weighted by atomic mass is 32.2. The summed E-state index contributed by atoms with van der Waals surface area (Å²) >= 11 is 6.42. The number of anilines is 1. The number of hydrogen-bond donors (Lipinski definition) is 1. The summed E-state index contributed by atoms with van der Waals surface area (Å²) < 4.78 is 0.312. The normalized spacial score (nSPS) is 22.7. The molecule has 2 atom stereocenters. The van der Waals surface area contributed by atoms with Crippen LogP contribution in [0.4, 0.5) is 5.69 Å². The third-order valence-electron chi connectivity index (χ3n) is 7.36. The molecule has 5 nitrogen and oxygen atoms in total. The lowest BCUT2D eigenvalue weighted by atomic mass is 9.96. The molecule has 4 rings (SSSR count). The van der Waals surface area contributed by atoms with Gasteiger partial charge in [0.2, 0.25) is 0 Å². The molecule has 0 radical (unpaired) electrons. The number of thiocarbonyl (C=S) groups is 1. The Balaban J connectivity index is 1.40. The lowest BCUT2D eigenvalue weighted by Crippen LogP contribution is -2.33. The van der Waals surface area contributed by atoms with Crippen molar-refractivity contribution in [3.05, 3.63) is 34.2 Å². The van der Waals surface area contributed by atoms with Crippen molar-refractivity contribution in [2.24, 2.45) is 0 Å². The van der Waals surface area contributed by atoms with Crippen LogP contribution in [0.25, 0.3) is 6.08 Å². The summed E-state index contributed by atoms with van der Waals surface area (Å²) in [6, 6.07) is 7.17. The summed E-state index contributed by atoms with van der Waals surface area (Å²) in [6.45, 7) is 3.02. The number of aliphatic carboxylic acids is 1. The minimum Gasteiger partial charge on any atom is -0.480 e. The number of hydrogen-bond acceptors (Lipinski definition) is 5. The van der Waals surface area contributed by atoms with E-state index in [9.17, 15) is 9.59 Å². The first kappa shape index (κ1) is 25.2. The number of carbonyl (C=O) groups is 2.